The topological polar surface area (TPSA) is 12.0 Å². The summed E-state index contributed by atoms with van der Waals surface area (Å²) in [5, 5.41) is 3.25. The second-order valence-electron chi connectivity index (χ2n) is 4.23. The fourth-order valence-electron chi connectivity index (χ4n) is 1.76. The van der Waals surface area contributed by atoms with E-state index >= 15 is 0 Å². The summed E-state index contributed by atoms with van der Waals surface area (Å²) in [5.41, 5.74) is 2.61. The van der Waals surface area contributed by atoms with E-state index in [2.05, 4.69) is 21.2 Å². The van der Waals surface area contributed by atoms with E-state index < -0.39 is 0 Å². The lowest BCUT2D eigenvalue weighted by molar-refractivity contribution is 0.620. The van der Waals surface area contributed by atoms with E-state index in [0.717, 1.165) is 16.8 Å². The monoisotopic (exact) mass is 381 g/mol. The highest BCUT2D eigenvalue weighted by atomic mass is 79.9. The van der Waals surface area contributed by atoms with Crippen molar-refractivity contribution in [1.82, 2.24) is 0 Å². The minimum absolute atomic E-state index is 0.0458. The molecule has 0 fully saturated rings. The van der Waals surface area contributed by atoms with Gasteiger partial charge in [-0.1, -0.05) is 23.2 Å². The molecule has 1 unspecified atom stereocenters. The van der Waals surface area contributed by atoms with Crippen LogP contribution in [0.15, 0.2) is 22.7 Å². The van der Waals surface area contributed by atoms with Crippen molar-refractivity contribution in [2.24, 2.45) is 0 Å². The predicted molar refractivity (Wildman–Crippen MR) is 85.2 cm³/mol. The molecule has 0 spiro atoms. The predicted octanol–water partition coefficient (Wildman–Crippen LogP) is 6.44. The molecule has 2 rings (SSSR count). The lowest BCUT2D eigenvalue weighted by Gasteiger charge is -2.17. The highest BCUT2D eigenvalue weighted by Gasteiger charge is 2.15. The van der Waals surface area contributed by atoms with E-state index in [-0.39, 0.29) is 11.9 Å². The van der Waals surface area contributed by atoms with Gasteiger partial charge in [0.1, 0.15) is 5.82 Å². The molecule has 0 radical (unpaired) electrons. The van der Waals surface area contributed by atoms with Gasteiger partial charge in [0.15, 0.2) is 0 Å². The number of hydrogen-bond donors (Lipinski definition) is 1. The van der Waals surface area contributed by atoms with Gasteiger partial charge in [0.05, 0.1) is 19.2 Å². The highest BCUT2D eigenvalue weighted by Crippen LogP contribution is 2.36. The lowest BCUT2D eigenvalue weighted by Crippen LogP contribution is -2.07. The second-order valence-corrected chi connectivity index (χ2v) is 7.37. The van der Waals surface area contributed by atoms with E-state index in [1.807, 2.05) is 19.9 Å². The Labute approximate surface area is 133 Å². The maximum absolute atomic E-state index is 13.6. The van der Waals surface area contributed by atoms with Gasteiger partial charge >= 0.3 is 0 Å². The number of rotatable bonds is 3. The molecule has 1 N–H and O–H groups in total. The van der Waals surface area contributed by atoms with Gasteiger partial charge in [0.25, 0.3) is 0 Å². The quantitative estimate of drug-likeness (QED) is 0.644. The SMILES string of the molecule is Cc1cc(Br)c(F)cc1NC(C)c1cc(Cl)sc1Cl. The summed E-state index contributed by atoms with van der Waals surface area (Å²) in [6.45, 7) is 3.88. The standard InChI is InChI=1S/C13H11BrCl2FNS/c1-6-3-9(14)10(17)5-11(6)18-7(2)8-4-12(15)19-13(8)16/h3-5,7,18H,1-2H3. The Hall–Kier alpha value is -0.290. The zero-order valence-electron chi connectivity index (χ0n) is 10.2. The summed E-state index contributed by atoms with van der Waals surface area (Å²) < 4.78 is 15.3. The molecule has 0 aliphatic heterocycles. The van der Waals surface area contributed by atoms with Gasteiger partial charge < -0.3 is 5.32 Å². The Morgan fingerprint density at radius 1 is 1.32 bits per heavy atom. The Bertz CT molecular complexity index is 615. The molecule has 1 nitrogen and oxygen atoms in total. The van der Waals surface area contributed by atoms with Crippen LogP contribution in [0.3, 0.4) is 0 Å². The number of nitrogens with one attached hydrogen (secondary N) is 1. The molecule has 0 bridgehead atoms. The summed E-state index contributed by atoms with van der Waals surface area (Å²) in [4.78, 5) is 0. The second kappa shape index (κ2) is 6.00. The molecule has 102 valence electrons. The van der Waals surface area contributed by atoms with Crippen molar-refractivity contribution in [2.45, 2.75) is 19.9 Å². The van der Waals surface area contributed by atoms with Crippen LogP contribution < -0.4 is 5.32 Å². The first-order valence-electron chi connectivity index (χ1n) is 5.55. The average molecular weight is 383 g/mol. The van der Waals surface area contributed by atoms with Crippen LogP contribution in [0, 0.1) is 12.7 Å². The van der Waals surface area contributed by atoms with Crippen molar-refractivity contribution in [3.63, 3.8) is 0 Å². The first-order valence-corrected chi connectivity index (χ1v) is 7.92. The van der Waals surface area contributed by atoms with E-state index in [0.29, 0.717) is 13.1 Å². The van der Waals surface area contributed by atoms with Gasteiger partial charge in [-0.3, -0.25) is 0 Å². The van der Waals surface area contributed by atoms with Crippen LogP contribution in [0.4, 0.5) is 10.1 Å². The number of benzene rings is 1. The van der Waals surface area contributed by atoms with E-state index in [9.17, 15) is 4.39 Å². The van der Waals surface area contributed by atoms with Crippen LogP contribution in [0.5, 0.6) is 0 Å². The van der Waals surface area contributed by atoms with Gasteiger partial charge in [-0.15, -0.1) is 11.3 Å². The first kappa shape index (κ1) is 15.1. The molecular weight excluding hydrogens is 372 g/mol. The lowest BCUT2D eigenvalue weighted by atomic mass is 10.1. The van der Waals surface area contributed by atoms with Crippen LogP contribution in [0.25, 0.3) is 0 Å². The fraction of sp³-hybridized carbons (Fsp3) is 0.231. The van der Waals surface area contributed by atoms with Crippen molar-refractivity contribution in [3.8, 4) is 0 Å². The normalized spacial score (nSPS) is 12.5. The van der Waals surface area contributed by atoms with Gasteiger partial charge in [0, 0.05) is 11.3 Å². The van der Waals surface area contributed by atoms with Crippen LogP contribution in [-0.4, -0.2) is 0 Å². The Morgan fingerprint density at radius 2 is 2.00 bits per heavy atom. The van der Waals surface area contributed by atoms with Crippen molar-refractivity contribution >= 4 is 56.2 Å². The molecule has 2 aromatic rings. The van der Waals surface area contributed by atoms with Crippen LogP contribution in [-0.2, 0) is 0 Å². The van der Waals surface area contributed by atoms with Crippen LogP contribution in [0.1, 0.15) is 24.1 Å². The average Bonchev–Trinajstić information content (AvgIpc) is 2.65. The van der Waals surface area contributed by atoms with Crippen LogP contribution >= 0.6 is 50.5 Å². The van der Waals surface area contributed by atoms with Gasteiger partial charge in [0.2, 0.25) is 0 Å². The molecule has 1 atom stereocenters. The molecule has 1 aromatic carbocycles. The number of aryl methyl sites for hydroxylation is 1. The molecule has 1 heterocycles. The zero-order valence-corrected chi connectivity index (χ0v) is 14.1. The summed E-state index contributed by atoms with van der Waals surface area (Å²) in [6.07, 6.45) is 0. The summed E-state index contributed by atoms with van der Waals surface area (Å²) in [5.74, 6) is -0.297. The number of anilines is 1. The zero-order chi connectivity index (χ0) is 14.2. The van der Waals surface area contributed by atoms with E-state index in [1.54, 1.807) is 6.07 Å². The Balaban J connectivity index is 2.26. The van der Waals surface area contributed by atoms with Gasteiger partial charge in [-0.25, -0.2) is 4.39 Å². The molecule has 0 saturated carbocycles. The molecule has 19 heavy (non-hydrogen) atoms. The largest absolute Gasteiger partial charge is 0.378 e. The highest BCUT2D eigenvalue weighted by molar-refractivity contribution is 9.10. The number of halogens is 4. The molecule has 0 aliphatic carbocycles. The summed E-state index contributed by atoms with van der Waals surface area (Å²) in [7, 11) is 0. The Kier molecular flexibility index (Phi) is 4.77. The maximum atomic E-state index is 13.6. The van der Waals surface area contributed by atoms with Crippen molar-refractivity contribution in [1.29, 1.82) is 0 Å². The summed E-state index contributed by atoms with van der Waals surface area (Å²) >= 11 is 16.5. The van der Waals surface area contributed by atoms with Crippen molar-refractivity contribution in [3.05, 3.63) is 48.3 Å². The van der Waals surface area contributed by atoms with Gasteiger partial charge in [-0.2, -0.15) is 0 Å². The minimum Gasteiger partial charge on any atom is -0.378 e. The van der Waals surface area contributed by atoms with E-state index in [1.165, 1.54) is 17.4 Å². The van der Waals surface area contributed by atoms with Crippen LogP contribution in [0.2, 0.25) is 8.67 Å². The first-order chi connectivity index (χ1) is 8.88. The summed E-state index contributed by atoms with van der Waals surface area (Å²) in [6, 6.07) is 5.00. The smallest absolute Gasteiger partial charge is 0.139 e. The minimum atomic E-state index is -0.297. The van der Waals surface area contributed by atoms with Crippen molar-refractivity contribution in [2.75, 3.05) is 5.32 Å². The molecule has 6 heteroatoms. The third-order valence-electron chi connectivity index (χ3n) is 2.79. The molecular formula is C13H11BrCl2FNS. The van der Waals surface area contributed by atoms with Crippen molar-refractivity contribution < 1.29 is 4.39 Å². The molecule has 0 saturated heterocycles. The molecule has 1 aromatic heterocycles. The number of hydrogen-bond acceptors (Lipinski definition) is 2. The Morgan fingerprint density at radius 3 is 2.58 bits per heavy atom. The van der Waals surface area contributed by atoms with Gasteiger partial charge in [-0.05, 0) is 53.5 Å². The fourth-order valence-corrected chi connectivity index (χ4v) is 3.86. The van der Waals surface area contributed by atoms with E-state index in [4.69, 9.17) is 23.2 Å². The maximum Gasteiger partial charge on any atom is 0.139 e. The third kappa shape index (κ3) is 3.43. The third-order valence-corrected chi connectivity index (χ3v) is 4.91. The molecule has 0 amide bonds. The number of thiophene rings is 1. The molecule has 0 aliphatic rings.